The third-order valence-electron chi connectivity index (χ3n) is 5.67. The van der Waals surface area contributed by atoms with Crippen molar-refractivity contribution in [3.63, 3.8) is 0 Å². The van der Waals surface area contributed by atoms with Crippen LogP contribution < -0.4 is 0 Å². The molecule has 4 heteroatoms. The van der Waals surface area contributed by atoms with Crippen molar-refractivity contribution < 1.29 is 18.9 Å². The molecule has 5 atom stereocenters. The minimum absolute atomic E-state index is 0.0369. The molecule has 0 aromatic carbocycles. The smallest absolute Gasteiger partial charge is 0.189 e. The largest absolute Gasteiger partial charge is 0.471 e. The fourth-order valence-corrected chi connectivity index (χ4v) is 4.52. The molecule has 2 bridgehead atoms. The molecule has 0 spiro atoms. The Hall–Kier alpha value is -0.580. The molecule has 20 heavy (non-hydrogen) atoms. The van der Waals surface area contributed by atoms with Crippen LogP contribution in [0.25, 0.3) is 0 Å². The molecule has 2 heterocycles. The van der Waals surface area contributed by atoms with Gasteiger partial charge in [0, 0.05) is 12.0 Å². The van der Waals surface area contributed by atoms with E-state index in [0.717, 1.165) is 18.9 Å². The van der Waals surface area contributed by atoms with E-state index in [4.69, 9.17) is 18.9 Å². The van der Waals surface area contributed by atoms with Crippen molar-refractivity contribution in [1.29, 1.82) is 0 Å². The van der Waals surface area contributed by atoms with Gasteiger partial charge in [-0.2, -0.15) is 0 Å². The summed E-state index contributed by atoms with van der Waals surface area (Å²) in [5, 5.41) is 0. The normalized spacial score (nSPS) is 46.3. The number of hydrogen-bond donors (Lipinski definition) is 0. The second kappa shape index (κ2) is 4.72. The highest BCUT2D eigenvalue weighted by Gasteiger charge is 2.48. The Balaban J connectivity index is 1.33. The van der Waals surface area contributed by atoms with Crippen molar-refractivity contribution >= 4 is 0 Å². The quantitative estimate of drug-likeness (QED) is 0.742. The molecule has 0 aromatic rings. The van der Waals surface area contributed by atoms with Gasteiger partial charge in [0.05, 0.1) is 12.7 Å². The molecule has 2 saturated heterocycles. The van der Waals surface area contributed by atoms with Crippen molar-refractivity contribution in [2.75, 3.05) is 20.0 Å². The Morgan fingerprint density at radius 3 is 3.00 bits per heavy atom. The van der Waals surface area contributed by atoms with E-state index in [1.807, 2.05) is 0 Å². The maximum Gasteiger partial charge on any atom is 0.189 e. The lowest BCUT2D eigenvalue weighted by atomic mass is 9.87. The van der Waals surface area contributed by atoms with Gasteiger partial charge in [0.1, 0.15) is 18.0 Å². The molecule has 2 unspecified atom stereocenters. The van der Waals surface area contributed by atoms with Crippen molar-refractivity contribution in [3.8, 4) is 0 Å². The molecular weight excluding hydrogens is 256 g/mol. The molecule has 4 nitrogen and oxygen atoms in total. The minimum atomic E-state index is 0.0369. The highest BCUT2D eigenvalue weighted by Crippen LogP contribution is 2.57. The van der Waals surface area contributed by atoms with E-state index in [1.165, 1.54) is 30.6 Å². The Morgan fingerprint density at radius 1 is 1.30 bits per heavy atom. The molecule has 2 aliphatic heterocycles. The molecule has 0 aromatic heterocycles. The third kappa shape index (κ3) is 1.92. The van der Waals surface area contributed by atoms with Gasteiger partial charge in [-0.05, 0) is 44.1 Å². The molecule has 3 fully saturated rings. The molecule has 0 N–H and O–H groups in total. The fraction of sp³-hybridized carbons (Fsp3) is 0.875. The number of allylic oxidation sites excluding steroid dienone is 2. The zero-order valence-corrected chi connectivity index (χ0v) is 12.4. The number of ether oxygens (including phenoxy) is 4. The minimum Gasteiger partial charge on any atom is -0.471 e. The summed E-state index contributed by atoms with van der Waals surface area (Å²) in [6.45, 7) is 6.30. The van der Waals surface area contributed by atoms with E-state index in [9.17, 15) is 0 Å². The van der Waals surface area contributed by atoms with Gasteiger partial charge in [-0.25, -0.2) is 0 Å². The molecule has 4 rings (SSSR count). The molecule has 112 valence electrons. The lowest BCUT2D eigenvalue weighted by Crippen LogP contribution is -2.31. The maximum absolute atomic E-state index is 6.01. The first-order valence-electron chi connectivity index (χ1n) is 7.86. The SMILES string of the molecule is CC1=C(OCO[C@@H]2CO[C@@H]3CCO[C@@H]32)C2(C)CCC1C2. The third-order valence-corrected chi connectivity index (χ3v) is 5.67. The van der Waals surface area contributed by atoms with Gasteiger partial charge in [-0.15, -0.1) is 0 Å². The van der Waals surface area contributed by atoms with Crippen molar-refractivity contribution in [3.05, 3.63) is 11.3 Å². The van der Waals surface area contributed by atoms with Gasteiger partial charge >= 0.3 is 0 Å². The van der Waals surface area contributed by atoms with Crippen LogP contribution in [0, 0.1) is 11.3 Å². The van der Waals surface area contributed by atoms with Crippen LogP contribution in [0.3, 0.4) is 0 Å². The number of hydrogen-bond acceptors (Lipinski definition) is 4. The Bertz CT molecular complexity index is 432. The van der Waals surface area contributed by atoms with E-state index in [2.05, 4.69) is 13.8 Å². The van der Waals surface area contributed by atoms with E-state index in [0.29, 0.717) is 13.4 Å². The number of fused-ring (bicyclic) bond motifs is 3. The first-order chi connectivity index (χ1) is 9.67. The molecule has 1 saturated carbocycles. The van der Waals surface area contributed by atoms with Crippen LogP contribution in [0.1, 0.15) is 39.5 Å². The second-order valence-electron chi connectivity index (χ2n) is 6.98. The van der Waals surface area contributed by atoms with Gasteiger partial charge in [0.2, 0.25) is 0 Å². The van der Waals surface area contributed by atoms with Crippen LogP contribution in [0.15, 0.2) is 11.3 Å². The van der Waals surface area contributed by atoms with Gasteiger partial charge in [-0.3, -0.25) is 0 Å². The van der Waals surface area contributed by atoms with E-state index < -0.39 is 0 Å². The summed E-state index contributed by atoms with van der Waals surface area (Å²) in [5.74, 6) is 1.93. The summed E-state index contributed by atoms with van der Waals surface area (Å²) in [6.07, 6.45) is 5.22. The Morgan fingerprint density at radius 2 is 2.20 bits per heavy atom. The van der Waals surface area contributed by atoms with Crippen LogP contribution >= 0.6 is 0 Å². The predicted octanol–water partition coefficient (Wildman–Crippen LogP) is 2.63. The fourth-order valence-electron chi connectivity index (χ4n) is 4.52. The highest BCUT2D eigenvalue weighted by molar-refractivity contribution is 5.28. The highest BCUT2D eigenvalue weighted by atomic mass is 16.7. The van der Waals surface area contributed by atoms with E-state index in [-0.39, 0.29) is 23.7 Å². The summed E-state index contributed by atoms with van der Waals surface area (Å²) in [5.41, 5.74) is 1.71. The van der Waals surface area contributed by atoms with Crippen molar-refractivity contribution in [1.82, 2.24) is 0 Å². The van der Waals surface area contributed by atoms with Crippen LogP contribution in [0.5, 0.6) is 0 Å². The van der Waals surface area contributed by atoms with Gasteiger partial charge in [0.25, 0.3) is 0 Å². The lowest BCUT2D eigenvalue weighted by molar-refractivity contribution is -0.108. The molecule has 0 radical (unpaired) electrons. The van der Waals surface area contributed by atoms with Crippen LogP contribution in [-0.4, -0.2) is 38.3 Å². The monoisotopic (exact) mass is 280 g/mol. The van der Waals surface area contributed by atoms with Crippen LogP contribution in [0.2, 0.25) is 0 Å². The summed E-state index contributed by atoms with van der Waals surface area (Å²) < 4.78 is 23.3. The molecule has 4 aliphatic rings. The maximum atomic E-state index is 6.01. The topological polar surface area (TPSA) is 36.9 Å². The first kappa shape index (κ1) is 13.1. The van der Waals surface area contributed by atoms with E-state index >= 15 is 0 Å². The predicted molar refractivity (Wildman–Crippen MR) is 73.1 cm³/mol. The summed E-state index contributed by atoms with van der Waals surface area (Å²) in [7, 11) is 0. The molecule has 2 aliphatic carbocycles. The van der Waals surface area contributed by atoms with Gasteiger partial charge < -0.3 is 18.9 Å². The second-order valence-corrected chi connectivity index (χ2v) is 6.98. The van der Waals surface area contributed by atoms with Gasteiger partial charge in [-0.1, -0.05) is 6.92 Å². The average Bonchev–Trinajstić information content (AvgIpc) is 3.12. The Labute approximate surface area is 120 Å². The summed E-state index contributed by atoms with van der Waals surface area (Å²) in [6, 6.07) is 0. The van der Waals surface area contributed by atoms with Gasteiger partial charge in [0.15, 0.2) is 6.79 Å². The summed E-state index contributed by atoms with van der Waals surface area (Å²) in [4.78, 5) is 0. The first-order valence-corrected chi connectivity index (χ1v) is 7.86. The van der Waals surface area contributed by atoms with E-state index in [1.54, 1.807) is 0 Å². The molecular formula is C16H24O4. The van der Waals surface area contributed by atoms with Crippen molar-refractivity contribution in [2.45, 2.75) is 57.8 Å². The lowest BCUT2D eigenvalue weighted by Gasteiger charge is -2.27. The van der Waals surface area contributed by atoms with Crippen molar-refractivity contribution in [2.24, 2.45) is 11.3 Å². The summed E-state index contributed by atoms with van der Waals surface area (Å²) >= 11 is 0. The zero-order chi connectivity index (χ0) is 13.7. The number of rotatable bonds is 4. The standard InChI is InChI=1S/C16H24O4/c1-10-11-3-5-16(2,7-11)15(10)20-9-19-13-8-18-12-4-6-17-14(12)13/h11-14H,3-9H2,1-2H3/t11?,12-,13-,14+,16?/m1/s1. The Kier molecular flexibility index (Phi) is 3.09. The van der Waals surface area contributed by atoms with Crippen LogP contribution in [-0.2, 0) is 18.9 Å². The average molecular weight is 280 g/mol. The zero-order valence-electron chi connectivity index (χ0n) is 12.4. The van der Waals surface area contributed by atoms with Crippen LogP contribution in [0.4, 0.5) is 0 Å². The molecule has 0 amide bonds.